The van der Waals surface area contributed by atoms with Crippen LogP contribution in [0.3, 0.4) is 0 Å². The molecule has 2 aromatic carbocycles. The Bertz CT molecular complexity index is 551. The second-order valence-corrected chi connectivity index (χ2v) is 5.29. The first kappa shape index (κ1) is 14.6. The molecule has 2 nitrogen and oxygen atoms in total. The largest absolute Gasteiger partial charge is 0.508 e. The van der Waals surface area contributed by atoms with Gasteiger partial charge in [-0.1, -0.05) is 48.9 Å². The zero-order valence-corrected chi connectivity index (χ0v) is 12.3. The molecule has 0 aliphatic heterocycles. The molecule has 2 heteroatoms. The van der Waals surface area contributed by atoms with E-state index >= 15 is 0 Å². The summed E-state index contributed by atoms with van der Waals surface area (Å²) in [7, 11) is 0. The fraction of sp³-hybridized carbons (Fsp3) is 0.333. The molecule has 0 saturated heterocycles. The van der Waals surface area contributed by atoms with Crippen molar-refractivity contribution in [2.24, 2.45) is 0 Å². The summed E-state index contributed by atoms with van der Waals surface area (Å²) in [6.45, 7) is 6.18. The van der Waals surface area contributed by atoms with E-state index in [2.05, 4.69) is 49.5 Å². The molecule has 0 radical (unpaired) electrons. The van der Waals surface area contributed by atoms with E-state index in [1.165, 1.54) is 16.7 Å². The summed E-state index contributed by atoms with van der Waals surface area (Å²) in [6, 6.07) is 16.3. The number of aromatic hydroxyl groups is 1. The van der Waals surface area contributed by atoms with E-state index in [-0.39, 0.29) is 0 Å². The number of rotatable bonds is 6. The molecule has 0 saturated carbocycles. The lowest BCUT2D eigenvalue weighted by molar-refractivity contribution is 0.474. The highest BCUT2D eigenvalue weighted by molar-refractivity contribution is 5.31. The third kappa shape index (κ3) is 4.10. The molecular formula is C18H23NO. The number of aryl methyl sites for hydroxylation is 1. The number of phenols is 1. The average molecular weight is 269 g/mol. The number of nitrogens with one attached hydrogen (secondary N) is 1. The van der Waals surface area contributed by atoms with Gasteiger partial charge >= 0.3 is 0 Å². The van der Waals surface area contributed by atoms with Crippen LogP contribution in [-0.2, 0) is 6.42 Å². The topological polar surface area (TPSA) is 32.3 Å². The Hall–Kier alpha value is -1.80. The number of hydrogen-bond donors (Lipinski definition) is 2. The van der Waals surface area contributed by atoms with Gasteiger partial charge in [-0.3, -0.25) is 0 Å². The third-order valence-electron chi connectivity index (χ3n) is 3.55. The average Bonchev–Trinajstić information content (AvgIpc) is 2.43. The van der Waals surface area contributed by atoms with Crippen LogP contribution in [0.2, 0.25) is 0 Å². The van der Waals surface area contributed by atoms with E-state index < -0.39 is 0 Å². The minimum atomic E-state index is 0.342. The summed E-state index contributed by atoms with van der Waals surface area (Å²) in [6.07, 6.45) is 0.935. The molecule has 1 unspecified atom stereocenters. The highest BCUT2D eigenvalue weighted by Crippen LogP contribution is 2.23. The van der Waals surface area contributed by atoms with Crippen LogP contribution in [-0.4, -0.2) is 18.2 Å². The molecule has 1 atom stereocenters. The van der Waals surface area contributed by atoms with Crippen molar-refractivity contribution in [3.8, 4) is 5.75 Å². The maximum atomic E-state index is 9.60. The second kappa shape index (κ2) is 7.11. The summed E-state index contributed by atoms with van der Waals surface area (Å²) in [5.41, 5.74) is 3.82. The molecule has 2 N–H and O–H groups in total. The Labute approximate surface area is 121 Å². The summed E-state index contributed by atoms with van der Waals surface area (Å²) < 4.78 is 0. The molecular weight excluding hydrogens is 246 g/mol. The van der Waals surface area contributed by atoms with Crippen molar-refractivity contribution in [1.29, 1.82) is 0 Å². The molecule has 0 aromatic heterocycles. The lowest BCUT2D eigenvalue weighted by atomic mass is 9.91. The predicted octanol–water partition coefficient (Wildman–Crippen LogP) is 3.64. The van der Waals surface area contributed by atoms with Crippen LogP contribution in [0.25, 0.3) is 0 Å². The number of hydrogen-bond acceptors (Lipinski definition) is 2. The molecule has 0 aliphatic carbocycles. The number of phenolic OH excluding ortho intramolecular Hbond substituents is 1. The maximum Gasteiger partial charge on any atom is 0.115 e. The van der Waals surface area contributed by atoms with Gasteiger partial charge in [-0.05, 0) is 43.1 Å². The Morgan fingerprint density at radius 3 is 2.60 bits per heavy atom. The van der Waals surface area contributed by atoms with Crippen LogP contribution < -0.4 is 5.32 Å². The first-order valence-electron chi connectivity index (χ1n) is 7.24. The van der Waals surface area contributed by atoms with Gasteiger partial charge in [0.05, 0.1) is 0 Å². The fourth-order valence-corrected chi connectivity index (χ4v) is 2.52. The predicted molar refractivity (Wildman–Crippen MR) is 84.3 cm³/mol. The van der Waals surface area contributed by atoms with Crippen molar-refractivity contribution in [3.05, 3.63) is 65.2 Å². The van der Waals surface area contributed by atoms with Crippen molar-refractivity contribution in [1.82, 2.24) is 5.32 Å². The fourth-order valence-electron chi connectivity index (χ4n) is 2.52. The highest BCUT2D eigenvalue weighted by atomic mass is 16.3. The van der Waals surface area contributed by atoms with E-state index in [4.69, 9.17) is 0 Å². The Morgan fingerprint density at radius 2 is 1.90 bits per heavy atom. The Kier molecular flexibility index (Phi) is 5.19. The number of benzene rings is 2. The van der Waals surface area contributed by atoms with Crippen molar-refractivity contribution in [2.75, 3.05) is 13.1 Å². The smallest absolute Gasteiger partial charge is 0.115 e. The van der Waals surface area contributed by atoms with E-state index in [1.54, 1.807) is 6.07 Å². The molecule has 0 heterocycles. The molecule has 0 bridgehead atoms. The Balaban J connectivity index is 2.19. The molecule has 0 fully saturated rings. The van der Waals surface area contributed by atoms with E-state index in [0.717, 1.165) is 19.5 Å². The minimum absolute atomic E-state index is 0.342. The van der Waals surface area contributed by atoms with Crippen LogP contribution in [0.4, 0.5) is 0 Å². The zero-order valence-electron chi connectivity index (χ0n) is 12.3. The lowest BCUT2D eigenvalue weighted by Crippen LogP contribution is -2.22. The van der Waals surface area contributed by atoms with Gasteiger partial charge < -0.3 is 10.4 Å². The second-order valence-electron chi connectivity index (χ2n) is 5.29. The quantitative estimate of drug-likeness (QED) is 0.839. The van der Waals surface area contributed by atoms with Gasteiger partial charge in [0.2, 0.25) is 0 Å². The molecule has 2 aromatic rings. The SMILES string of the molecule is CCNCC(Cc1cccc(O)c1)c1cccc(C)c1. The minimum Gasteiger partial charge on any atom is -0.508 e. The molecule has 106 valence electrons. The molecule has 0 spiro atoms. The zero-order chi connectivity index (χ0) is 14.4. The van der Waals surface area contributed by atoms with Crippen LogP contribution in [0.15, 0.2) is 48.5 Å². The normalized spacial score (nSPS) is 12.3. The van der Waals surface area contributed by atoms with Crippen LogP contribution >= 0.6 is 0 Å². The maximum absolute atomic E-state index is 9.60. The van der Waals surface area contributed by atoms with Crippen molar-refractivity contribution >= 4 is 0 Å². The molecule has 0 amide bonds. The molecule has 2 rings (SSSR count). The van der Waals surface area contributed by atoms with Gasteiger partial charge in [0.1, 0.15) is 5.75 Å². The van der Waals surface area contributed by atoms with Gasteiger partial charge in [-0.2, -0.15) is 0 Å². The van der Waals surface area contributed by atoms with Crippen molar-refractivity contribution in [3.63, 3.8) is 0 Å². The van der Waals surface area contributed by atoms with Crippen LogP contribution in [0.5, 0.6) is 5.75 Å². The summed E-state index contributed by atoms with van der Waals surface area (Å²) in [5.74, 6) is 0.769. The molecule has 0 aliphatic rings. The van der Waals surface area contributed by atoms with Gasteiger partial charge in [-0.25, -0.2) is 0 Å². The van der Waals surface area contributed by atoms with Crippen LogP contribution in [0.1, 0.15) is 29.5 Å². The van der Waals surface area contributed by atoms with E-state index in [1.807, 2.05) is 12.1 Å². The van der Waals surface area contributed by atoms with Gasteiger partial charge in [0.15, 0.2) is 0 Å². The van der Waals surface area contributed by atoms with Gasteiger partial charge in [0.25, 0.3) is 0 Å². The first-order chi connectivity index (χ1) is 9.69. The third-order valence-corrected chi connectivity index (χ3v) is 3.55. The van der Waals surface area contributed by atoms with Gasteiger partial charge in [0, 0.05) is 12.5 Å². The summed E-state index contributed by atoms with van der Waals surface area (Å²) in [5, 5.41) is 13.0. The monoisotopic (exact) mass is 269 g/mol. The number of likely N-dealkylation sites (N-methyl/N-ethyl adjacent to an activating group) is 1. The summed E-state index contributed by atoms with van der Waals surface area (Å²) in [4.78, 5) is 0. The van der Waals surface area contributed by atoms with Gasteiger partial charge in [-0.15, -0.1) is 0 Å². The Morgan fingerprint density at radius 1 is 1.10 bits per heavy atom. The highest BCUT2D eigenvalue weighted by Gasteiger charge is 2.12. The standard InChI is InChI=1S/C18H23NO/c1-3-19-13-17(16-8-4-6-14(2)10-16)11-15-7-5-9-18(20)12-15/h4-10,12,17,19-20H,3,11,13H2,1-2H3. The lowest BCUT2D eigenvalue weighted by Gasteiger charge is -2.18. The molecule has 20 heavy (non-hydrogen) atoms. The van der Waals surface area contributed by atoms with E-state index in [9.17, 15) is 5.11 Å². The van der Waals surface area contributed by atoms with Crippen molar-refractivity contribution in [2.45, 2.75) is 26.2 Å². The van der Waals surface area contributed by atoms with Crippen molar-refractivity contribution < 1.29 is 5.11 Å². The summed E-state index contributed by atoms with van der Waals surface area (Å²) >= 11 is 0. The first-order valence-corrected chi connectivity index (χ1v) is 7.24. The van der Waals surface area contributed by atoms with Crippen LogP contribution in [0, 0.1) is 6.92 Å². The van der Waals surface area contributed by atoms with E-state index in [0.29, 0.717) is 11.7 Å².